The van der Waals surface area contributed by atoms with Crippen LogP contribution in [0, 0.1) is 0 Å². The van der Waals surface area contributed by atoms with Crippen molar-refractivity contribution >= 4 is 18.4 Å². The molecule has 0 heterocycles. The maximum absolute atomic E-state index is 11.0. The zero-order chi connectivity index (χ0) is 13.3. The molecule has 0 amide bonds. The van der Waals surface area contributed by atoms with E-state index >= 15 is 0 Å². The molecule has 2 N–H and O–H groups in total. The van der Waals surface area contributed by atoms with Gasteiger partial charge in [0.05, 0.1) is 6.16 Å². The second-order valence-electron chi connectivity index (χ2n) is 4.92. The van der Waals surface area contributed by atoms with E-state index in [0.29, 0.717) is 11.5 Å². The van der Waals surface area contributed by atoms with E-state index in [1.54, 1.807) is 6.07 Å². The van der Waals surface area contributed by atoms with Gasteiger partial charge in [0.1, 0.15) is 0 Å². The van der Waals surface area contributed by atoms with Gasteiger partial charge >= 0.3 is 7.60 Å². The van der Waals surface area contributed by atoms with Crippen molar-refractivity contribution in [3.8, 4) is 0 Å². The number of hydrogen-bond acceptors (Lipinski definition) is 1. The van der Waals surface area contributed by atoms with Crippen molar-refractivity contribution in [3.05, 3.63) is 47.5 Å². The molecule has 3 nitrogen and oxygen atoms in total. The lowest BCUT2D eigenvalue weighted by molar-refractivity contribution is 0.372. The fourth-order valence-corrected chi connectivity index (χ4v) is 2.68. The van der Waals surface area contributed by atoms with E-state index in [4.69, 9.17) is 9.79 Å². The Bertz CT molecular complexity index is 613. The smallest absolute Gasteiger partial charge is 0.324 e. The van der Waals surface area contributed by atoms with Gasteiger partial charge in [-0.1, -0.05) is 50.2 Å². The Balaban J connectivity index is 2.45. The van der Waals surface area contributed by atoms with E-state index in [0.717, 1.165) is 10.8 Å². The van der Waals surface area contributed by atoms with Crippen LogP contribution in [-0.2, 0) is 10.7 Å². The van der Waals surface area contributed by atoms with Crippen LogP contribution in [0.15, 0.2) is 36.4 Å². The molecule has 0 unspecified atom stereocenters. The zero-order valence-corrected chi connectivity index (χ0v) is 11.4. The fourth-order valence-electron chi connectivity index (χ4n) is 2.01. The summed E-state index contributed by atoms with van der Waals surface area (Å²) in [5.41, 5.74) is 1.91. The van der Waals surface area contributed by atoms with E-state index < -0.39 is 7.60 Å². The average molecular weight is 264 g/mol. The summed E-state index contributed by atoms with van der Waals surface area (Å²) in [6.45, 7) is 4.25. The molecular weight excluding hydrogens is 247 g/mol. The summed E-state index contributed by atoms with van der Waals surface area (Å²) >= 11 is 0. The van der Waals surface area contributed by atoms with Crippen LogP contribution in [0.3, 0.4) is 0 Å². The monoisotopic (exact) mass is 264 g/mol. The molecule has 0 aliphatic heterocycles. The Morgan fingerprint density at radius 2 is 1.72 bits per heavy atom. The van der Waals surface area contributed by atoms with Crippen LogP contribution in [0.5, 0.6) is 0 Å². The summed E-state index contributed by atoms with van der Waals surface area (Å²) in [6.07, 6.45) is -0.200. The van der Waals surface area contributed by atoms with Crippen molar-refractivity contribution in [2.24, 2.45) is 0 Å². The fraction of sp³-hybridized carbons (Fsp3) is 0.286. The SMILES string of the molecule is CC(C)c1ccc2ccc(CP(=O)(O)O)cc2c1. The summed E-state index contributed by atoms with van der Waals surface area (Å²) in [7, 11) is -4.00. The second-order valence-corrected chi connectivity index (χ2v) is 6.56. The molecule has 0 bridgehead atoms. The maximum atomic E-state index is 11.0. The van der Waals surface area contributed by atoms with Crippen LogP contribution in [0.25, 0.3) is 10.8 Å². The number of rotatable bonds is 3. The summed E-state index contributed by atoms with van der Waals surface area (Å²) in [5, 5.41) is 2.13. The molecule has 2 aromatic carbocycles. The Morgan fingerprint density at radius 3 is 2.33 bits per heavy atom. The predicted octanol–water partition coefficient (Wildman–Crippen LogP) is 3.64. The number of fused-ring (bicyclic) bond motifs is 1. The molecule has 0 saturated carbocycles. The minimum Gasteiger partial charge on any atom is -0.324 e. The lowest BCUT2D eigenvalue weighted by Crippen LogP contribution is -1.89. The number of hydrogen-bond donors (Lipinski definition) is 2. The van der Waals surface area contributed by atoms with E-state index in [-0.39, 0.29) is 6.16 Å². The van der Waals surface area contributed by atoms with Crippen LogP contribution in [0.2, 0.25) is 0 Å². The Labute approximate surface area is 107 Å². The van der Waals surface area contributed by atoms with Gasteiger partial charge in [-0.05, 0) is 27.8 Å². The predicted molar refractivity (Wildman–Crippen MR) is 73.8 cm³/mol. The first kappa shape index (κ1) is 13.3. The van der Waals surface area contributed by atoms with E-state index in [1.807, 2.05) is 18.2 Å². The molecule has 2 rings (SSSR count). The molecule has 0 aliphatic carbocycles. The molecule has 0 fully saturated rings. The van der Waals surface area contributed by atoms with Gasteiger partial charge in [-0.2, -0.15) is 0 Å². The second kappa shape index (κ2) is 4.85. The van der Waals surface area contributed by atoms with Gasteiger partial charge in [-0.3, -0.25) is 4.57 Å². The van der Waals surface area contributed by atoms with Crippen LogP contribution < -0.4 is 0 Å². The third-order valence-corrected chi connectivity index (χ3v) is 3.76. The van der Waals surface area contributed by atoms with Crippen molar-refractivity contribution < 1.29 is 14.4 Å². The molecule has 4 heteroatoms. The third-order valence-electron chi connectivity index (χ3n) is 2.98. The van der Waals surface area contributed by atoms with Crippen molar-refractivity contribution in [1.29, 1.82) is 0 Å². The third kappa shape index (κ3) is 3.20. The lowest BCUT2D eigenvalue weighted by Gasteiger charge is -2.09. The van der Waals surface area contributed by atoms with Gasteiger partial charge in [0.15, 0.2) is 0 Å². The van der Waals surface area contributed by atoms with Crippen molar-refractivity contribution in [3.63, 3.8) is 0 Å². The van der Waals surface area contributed by atoms with Crippen LogP contribution in [0.4, 0.5) is 0 Å². The summed E-state index contributed by atoms with van der Waals surface area (Å²) in [4.78, 5) is 18.0. The van der Waals surface area contributed by atoms with Crippen LogP contribution in [0.1, 0.15) is 30.9 Å². The van der Waals surface area contributed by atoms with Gasteiger partial charge in [0, 0.05) is 0 Å². The Morgan fingerprint density at radius 1 is 1.06 bits per heavy atom. The highest BCUT2D eigenvalue weighted by atomic mass is 31.2. The molecule has 0 radical (unpaired) electrons. The van der Waals surface area contributed by atoms with Crippen molar-refractivity contribution in [2.45, 2.75) is 25.9 Å². The Hall–Kier alpha value is -1.15. The van der Waals surface area contributed by atoms with Gasteiger partial charge < -0.3 is 9.79 Å². The quantitative estimate of drug-likeness (QED) is 0.832. The highest BCUT2D eigenvalue weighted by molar-refractivity contribution is 7.50. The molecule has 0 atom stereocenters. The molecule has 0 spiro atoms. The minimum absolute atomic E-state index is 0.200. The maximum Gasteiger partial charge on any atom is 0.329 e. The van der Waals surface area contributed by atoms with E-state index in [9.17, 15) is 4.57 Å². The highest BCUT2D eigenvalue weighted by Crippen LogP contribution is 2.39. The Kier molecular flexibility index (Phi) is 3.58. The van der Waals surface area contributed by atoms with Crippen molar-refractivity contribution in [1.82, 2.24) is 0 Å². The van der Waals surface area contributed by atoms with E-state index in [1.165, 1.54) is 5.56 Å². The zero-order valence-electron chi connectivity index (χ0n) is 10.5. The standard InChI is InChI=1S/C14H17O3P/c1-10(2)13-6-5-12-4-3-11(7-14(12)8-13)9-18(15,16)17/h3-8,10H,9H2,1-2H3,(H2,15,16,17). The van der Waals surface area contributed by atoms with Gasteiger partial charge in [0.25, 0.3) is 0 Å². The largest absolute Gasteiger partial charge is 0.329 e. The molecule has 0 aliphatic rings. The van der Waals surface area contributed by atoms with Crippen LogP contribution >= 0.6 is 7.60 Å². The molecule has 0 aromatic heterocycles. The summed E-state index contributed by atoms with van der Waals surface area (Å²) in [6, 6.07) is 11.8. The van der Waals surface area contributed by atoms with Gasteiger partial charge in [-0.15, -0.1) is 0 Å². The molecule has 2 aromatic rings. The summed E-state index contributed by atoms with van der Waals surface area (Å²) < 4.78 is 11.0. The highest BCUT2D eigenvalue weighted by Gasteiger charge is 2.14. The first-order valence-corrected chi connectivity index (χ1v) is 7.72. The molecule has 18 heavy (non-hydrogen) atoms. The first-order valence-electron chi connectivity index (χ1n) is 5.92. The molecule has 96 valence electrons. The first-order chi connectivity index (χ1) is 8.35. The van der Waals surface area contributed by atoms with E-state index in [2.05, 4.69) is 26.0 Å². The number of benzene rings is 2. The lowest BCUT2D eigenvalue weighted by atomic mass is 9.98. The van der Waals surface area contributed by atoms with Crippen molar-refractivity contribution in [2.75, 3.05) is 0 Å². The topological polar surface area (TPSA) is 57.5 Å². The molecular formula is C14H17O3P. The normalized spacial score (nSPS) is 12.3. The van der Waals surface area contributed by atoms with Gasteiger partial charge in [0.2, 0.25) is 0 Å². The van der Waals surface area contributed by atoms with Gasteiger partial charge in [-0.25, -0.2) is 0 Å². The molecule has 0 saturated heterocycles. The summed E-state index contributed by atoms with van der Waals surface area (Å²) in [5.74, 6) is 0.444. The minimum atomic E-state index is -4.00. The average Bonchev–Trinajstić information content (AvgIpc) is 2.25. The van der Waals surface area contributed by atoms with Crippen LogP contribution in [-0.4, -0.2) is 9.79 Å².